The number of halogens is 1. The molecule has 0 unspecified atom stereocenters. The van der Waals surface area contributed by atoms with Crippen LogP contribution in [0.15, 0.2) is 27.8 Å². The zero-order valence-corrected chi connectivity index (χ0v) is 14.2. The Hall–Kier alpha value is -1.73. The number of ether oxygens (including phenoxy) is 1. The van der Waals surface area contributed by atoms with Crippen molar-refractivity contribution < 1.29 is 9.53 Å². The molecule has 21 heavy (non-hydrogen) atoms. The van der Waals surface area contributed by atoms with Crippen molar-refractivity contribution in [1.82, 2.24) is 4.98 Å². The number of rotatable bonds is 5. The van der Waals surface area contributed by atoms with Crippen LogP contribution in [0.5, 0.6) is 5.75 Å². The molecule has 0 fully saturated rings. The predicted molar refractivity (Wildman–Crippen MR) is 88.8 cm³/mol. The van der Waals surface area contributed by atoms with E-state index in [0.717, 1.165) is 15.8 Å². The molecule has 1 aromatic carbocycles. The molecule has 0 amide bonds. The van der Waals surface area contributed by atoms with Crippen LogP contribution < -0.4 is 10.2 Å². The molecule has 0 bridgehead atoms. The van der Waals surface area contributed by atoms with E-state index in [9.17, 15) is 4.79 Å². The highest BCUT2D eigenvalue weighted by Gasteiger charge is 2.10. The van der Waals surface area contributed by atoms with E-state index in [2.05, 4.69) is 31.4 Å². The maximum absolute atomic E-state index is 11.4. The van der Waals surface area contributed by atoms with E-state index >= 15 is 0 Å². The highest BCUT2D eigenvalue weighted by Crippen LogP contribution is 2.24. The first-order valence-corrected chi connectivity index (χ1v) is 7.73. The second-order valence-corrected chi connectivity index (χ2v) is 6.16. The van der Waals surface area contributed by atoms with E-state index in [1.54, 1.807) is 20.2 Å². The first-order chi connectivity index (χ1) is 10.0. The lowest BCUT2D eigenvalue weighted by Crippen LogP contribution is -1.94. The maximum atomic E-state index is 11.4. The van der Waals surface area contributed by atoms with E-state index in [1.807, 2.05) is 18.2 Å². The van der Waals surface area contributed by atoms with Crippen LogP contribution in [0, 0.1) is 6.92 Å². The van der Waals surface area contributed by atoms with Gasteiger partial charge < -0.3 is 4.74 Å². The quantitative estimate of drug-likeness (QED) is 0.494. The molecular weight excluding hydrogens is 354 g/mol. The molecule has 0 aliphatic carbocycles. The second kappa shape index (κ2) is 6.82. The fourth-order valence-corrected chi connectivity index (χ4v) is 2.92. The van der Waals surface area contributed by atoms with Crippen molar-refractivity contribution in [2.75, 3.05) is 12.5 Å². The lowest BCUT2D eigenvalue weighted by molar-refractivity contribution is 0.102. The standard InChI is InChI=1S/C14H14BrN3O2S/c1-8-13(9(2)19)21-14(17-8)18-16-7-10-6-11(15)4-5-12(10)20-3/h4-7H,1-3H3,(H,17,18)/b16-7-. The Kier molecular flexibility index (Phi) is 5.08. The summed E-state index contributed by atoms with van der Waals surface area (Å²) in [7, 11) is 1.61. The van der Waals surface area contributed by atoms with E-state index < -0.39 is 0 Å². The molecule has 2 aromatic rings. The highest BCUT2D eigenvalue weighted by atomic mass is 79.9. The number of hydrazone groups is 1. The zero-order valence-electron chi connectivity index (χ0n) is 11.8. The SMILES string of the molecule is COc1ccc(Br)cc1/C=N\Nc1nc(C)c(C(C)=O)s1. The number of carbonyl (C=O) groups is 1. The highest BCUT2D eigenvalue weighted by molar-refractivity contribution is 9.10. The molecule has 0 saturated heterocycles. The maximum Gasteiger partial charge on any atom is 0.204 e. The van der Waals surface area contributed by atoms with Gasteiger partial charge in [0.05, 0.1) is 23.9 Å². The average molecular weight is 368 g/mol. The Balaban J connectivity index is 2.14. The first-order valence-electron chi connectivity index (χ1n) is 6.12. The number of aromatic nitrogens is 1. The van der Waals surface area contributed by atoms with E-state index in [4.69, 9.17) is 4.74 Å². The number of methoxy groups -OCH3 is 1. The van der Waals surface area contributed by atoms with Gasteiger partial charge in [-0.05, 0) is 25.1 Å². The predicted octanol–water partition coefficient (Wildman–Crippen LogP) is 3.87. The van der Waals surface area contributed by atoms with E-state index in [0.29, 0.717) is 15.7 Å². The molecule has 5 nitrogen and oxygen atoms in total. The minimum absolute atomic E-state index is 0.00990. The van der Waals surface area contributed by atoms with Gasteiger partial charge in [-0.2, -0.15) is 5.10 Å². The van der Waals surface area contributed by atoms with Gasteiger partial charge in [0.15, 0.2) is 5.78 Å². The van der Waals surface area contributed by atoms with Crippen LogP contribution in [0.25, 0.3) is 0 Å². The number of aryl methyl sites for hydroxylation is 1. The smallest absolute Gasteiger partial charge is 0.204 e. The van der Waals surface area contributed by atoms with Gasteiger partial charge in [-0.3, -0.25) is 10.2 Å². The van der Waals surface area contributed by atoms with Gasteiger partial charge in [0.1, 0.15) is 5.75 Å². The molecule has 1 N–H and O–H groups in total. The lowest BCUT2D eigenvalue weighted by atomic mass is 10.2. The normalized spacial score (nSPS) is 10.9. The van der Waals surface area contributed by atoms with Crippen LogP contribution in [0.1, 0.15) is 27.9 Å². The number of Topliss-reactive ketones (excluding diaryl/α,β-unsaturated/α-hetero) is 1. The molecule has 0 spiro atoms. The number of thiazole rings is 1. The molecule has 0 saturated carbocycles. The minimum Gasteiger partial charge on any atom is -0.496 e. The number of carbonyl (C=O) groups excluding carboxylic acids is 1. The number of hydrogen-bond donors (Lipinski definition) is 1. The van der Waals surface area contributed by atoms with E-state index in [1.165, 1.54) is 18.3 Å². The number of benzene rings is 1. The molecule has 2 rings (SSSR count). The Bertz CT molecular complexity index is 698. The fraction of sp³-hybridized carbons (Fsp3) is 0.214. The topological polar surface area (TPSA) is 63.6 Å². The summed E-state index contributed by atoms with van der Waals surface area (Å²) in [5.74, 6) is 0.735. The molecule has 7 heteroatoms. The van der Waals surface area contributed by atoms with Crippen LogP contribution in [0.4, 0.5) is 5.13 Å². The summed E-state index contributed by atoms with van der Waals surface area (Å²) in [6.45, 7) is 3.33. The molecule has 1 heterocycles. The van der Waals surface area contributed by atoms with Crippen LogP contribution in [0.2, 0.25) is 0 Å². The van der Waals surface area contributed by atoms with Gasteiger partial charge in [0.2, 0.25) is 5.13 Å². The van der Waals surface area contributed by atoms with Crippen molar-refractivity contribution in [2.24, 2.45) is 5.10 Å². The molecular formula is C14H14BrN3O2S. The summed E-state index contributed by atoms with van der Waals surface area (Å²) < 4.78 is 6.20. The Labute approximate surface area is 135 Å². The monoisotopic (exact) mass is 367 g/mol. The van der Waals surface area contributed by atoms with Crippen LogP contribution in [-0.2, 0) is 0 Å². The number of ketones is 1. The summed E-state index contributed by atoms with van der Waals surface area (Å²) in [5.41, 5.74) is 4.38. The Morgan fingerprint density at radius 1 is 1.52 bits per heavy atom. The molecule has 110 valence electrons. The van der Waals surface area contributed by atoms with Crippen molar-refractivity contribution >= 4 is 44.4 Å². The van der Waals surface area contributed by atoms with Crippen LogP contribution in [-0.4, -0.2) is 24.1 Å². The van der Waals surface area contributed by atoms with Crippen molar-refractivity contribution in [2.45, 2.75) is 13.8 Å². The van der Waals surface area contributed by atoms with Crippen molar-refractivity contribution in [1.29, 1.82) is 0 Å². The number of nitrogens with zero attached hydrogens (tertiary/aromatic N) is 2. The third-order valence-electron chi connectivity index (χ3n) is 2.67. The van der Waals surface area contributed by atoms with Gasteiger partial charge >= 0.3 is 0 Å². The second-order valence-electron chi connectivity index (χ2n) is 4.25. The van der Waals surface area contributed by atoms with Gasteiger partial charge in [0.25, 0.3) is 0 Å². The summed E-state index contributed by atoms with van der Waals surface area (Å²) >= 11 is 4.70. The van der Waals surface area contributed by atoms with E-state index in [-0.39, 0.29) is 5.78 Å². The number of nitrogens with one attached hydrogen (secondary N) is 1. The molecule has 0 radical (unpaired) electrons. The number of anilines is 1. The fourth-order valence-electron chi connectivity index (χ4n) is 1.73. The van der Waals surface area contributed by atoms with Gasteiger partial charge in [0, 0.05) is 17.0 Å². The lowest BCUT2D eigenvalue weighted by Gasteiger charge is -2.04. The van der Waals surface area contributed by atoms with Crippen molar-refractivity contribution in [3.05, 3.63) is 38.8 Å². The summed E-state index contributed by atoms with van der Waals surface area (Å²) in [6, 6.07) is 5.65. The van der Waals surface area contributed by atoms with Crippen molar-refractivity contribution in [3.63, 3.8) is 0 Å². The third kappa shape index (κ3) is 3.89. The summed E-state index contributed by atoms with van der Waals surface area (Å²) in [6.07, 6.45) is 1.65. The zero-order chi connectivity index (χ0) is 15.4. The van der Waals surface area contributed by atoms with Gasteiger partial charge in [-0.1, -0.05) is 27.3 Å². The average Bonchev–Trinajstić information content (AvgIpc) is 2.80. The largest absolute Gasteiger partial charge is 0.496 e. The summed E-state index contributed by atoms with van der Waals surface area (Å²) in [4.78, 5) is 16.3. The minimum atomic E-state index is 0.00990. The molecule has 0 aliphatic heterocycles. The number of hydrogen-bond acceptors (Lipinski definition) is 6. The molecule has 0 aliphatic rings. The van der Waals surface area contributed by atoms with Crippen LogP contribution in [0.3, 0.4) is 0 Å². The first kappa shape index (κ1) is 15.7. The van der Waals surface area contributed by atoms with Crippen LogP contribution >= 0.6 is 27.3 Å². The Morgan fingerprint density at radius 2 is 2.29 bits per heavy atom. The summed E-state index contributed by atoms with van der Waals surface area (Å²) in [5, 5.41) is 4.72. The third-order valence-corrected chi connectivity index (χ3v) is 4.33. The van der Waals surface area contributed by atoms with Gasteiger partial charge in [-0.25, -0.2) is 4.98 Å². The Morgan fingerprint density at radius 3 is 2.90 bits per heavy atom. The molecule has 1 aromatic heterocycles. The van der Waals surface area contributed by atoms with Gasteiger partial charge in [-0.15, -0.1) is 0 Å². The molecule has 0 atom stereocenters. The van der Waals surface area contributed by atoms with Crippen molar-refractivity contribution in [3.8, 4) is 5.75 Å².